The highest BCUT2D eigenvalue weighted by Gasteiger charge is 2.23. The Morgan fingerprint density at radius 2 is 1.95 bits per heavy atom. The van der Waals surface area contributed by atoms with Crippen LogP contribution in [0.1, 0.15) is 31.3 Å². The van der Waals surface area contributed by atoms with Crippen molar-refractivity contribution in [2.75, 3.05) is 6.54 Å². The molecule has 6 nitrogen and oxygen atoms in total. The van der Waals surface area contributed by atoms with Crippen molar-refractivity contribution < 1.29 is 14.3 Å². The van der Waals surface area contributed by atoms with Gasteiger partial charge in [-0.2, -0.15) is 9.90 Å². The van der Waals surface area contributed by atoms with Gasteiger partial charge in [0.25, 0.3) is 5.91 Å². The number of carbonyl (C=O) groups is 1. The molecule has 0 saturated carbocycles. The van der Waals surface area contributed by atoms with Crippen LogP contribution in [0, 0.1) is 5.82 Å². The van der Waals surface area contributed by atoms with Gasteiger partial charge in [0.2, 0.25) is 0 Å². The largest absolute Gasteiger partial charge is 0.392 e. The molecule has 0 spiro atoms. The van der Waals surface area contributed by atoms with E-state index < -0.39 is 6.10 Å². The fourth-order valence-electron chi connectivity index (χ4n) is 2.02. The van der Waals surface area contributed by atoms with Gasteiger partial charge in [-0.05, 0) is 45.0 Å². The molecule has 22 heavy (non-hydrogen) atoms. The molecule has 1 heterocycles. The number of benzene rings is 1. The van der Waals surface area contributed by atoms with Gasteiger partial charge in [0, 0.05) is 12.6 Å². The van der Waals surface area contributed by atoms with Crippen LogP contribution in [-0.4, -0.2) is 49.6 Å². The second-order valence-electron chi connectivity index (χ2n) is 5.40. The average molecular weight is 306 g/mol. The van der Waals surface area contributed by atoms with E-state index in [9.17, 15) is 14.3 Å². The minimum Gasteiger partial charge on any atom is -0.392 e. The van der Waals surface area contributed by atoms with Crippen LogP contribution < -0.4 is 0 Å². The maximum atomic E-state index is 12.9. The van der Waals surface area contributed by atoms with Gasteiger partial charge in [-0.25, -0.2) is 4.39 Å². The molecule has 1 amide bonds. The molecule has 118 valence electrons. The van der Waals surface area contributed by atoms with Crippen molar-refractivity contribution in [3.05, 3.63) is 42.0 Å². The van der Waals surface area contributed by atoms with E-state index in [0.717, 1.165) is 0 Å². The molecule has 0 aliphatic carbocycles. The zero-order chi connectivity index (χ0) is 16.3. The van der Waals surface area contributed by atoms with Gasteiger partial charge in [0.05, 0.1) is 18.0 Å². The first-order valence-corrected chi connectivity index (χ1v) is 7.06. The molecule has 0 aliphatic rings. The highest BCUT2D eigenvalue weighted by Crippen LogP contribution is 2.10. The quantitative estimate of drug-likeness (QED) is 0.911. The molecule has 1 unspecified atom stereocenters. The Balaban J connectivity index is 2.22. The summed E-state index contributed by atoms with van der Waals surface area (Å²) < 4.78 is 12.9. The van der Waals surface area contributed by atoms with Crippen LogP contribution >= 0.6 is 0 Å². The molecule has 2 aromatic rings. The van der Waals surface area contributed by atoms with Crippen molar-refractivity contribution in [1.82, 2.24) is 19.9 Å². The second kappa shape index (κ2) is 6.65. The minimum absolute atomic E-state index is 0.0712. The molecule has 1 aromatic carbocycles. The third-order valence-electron chi connectivity index (χ3n) is 3.11. The van der Waals surface area contributed by atoms with Crippen LogP contribution in [-0.2, 0) is 0 Å². The lowest BCUT2D eigenvalue weighted by molar-refractivity contribution is 0.0572. The fraction of sp³-hybridized carbons (Fsp3) is 0.400. The van der Waals surface area contributed by atoms with Crippen molar-refractivity contribution in [3.8, 4) is 5.69 Å². The van der Waals surface area contributed by atoms with Crippen molar-refractivity contribution >= 4 is 5.91 Å². The summed E-state index contributed by atoms with van der Waals surface area (Å²) >= 11 is 0. The summed E-state index contributed by atoms with van der Waals surface area (Å²) in [6.45, 7) is 5.58. The predicted molar refractivity (Wildman–Crippen MR) is 79.2 cm³/mol. The maximum absolute atomic E-state index is 12.9. The van der Waals surface area contributed by atoms with Crippen LogP contribution in [0.5, 0.6) is 0 Å². The Morgan fingerprint density at radius 3 is 2.50 bits per heavy atom. The number of aromatic nitrogens is 3. The van der Waals surface area contributed by atoms with Gasteiger partial charge in [-0.15, -0.1) is 5.10 Å². The Morgan fingerprint density at radius 1 is 1.32 bits per heavy atom. The van der Waals surface area contributed by atoms with Crippen molar-refractivity contribution in [2.45, 2.75) is 32.9 Å². The summed E-state index contributed by atoms with van der Waals surface area (Å²) in [5, 5.41) is 17.7. The molecule has 0 fully saturated rings. The number of hydrogen-bond acceptors (Lipinski definition) is 4. The lowest BCUT2D eigenvalue weighted by atomic mass is 10.2. The molecular formula is C15H19FN4O2. The first-order valence-electron chi connectivity index (χ1n) is 7.06. The summed E-state index contributed by atoms with van der Waals surface area (Å²) in [5.41, 5.74) is 0.741. The Labute approximate surface area is 128 Å². The van der Waals surface area contributed by atoms with E-state index in [0.29, 0.717) is 5.69 Å². The molecular weight excluding hydrogens is 287 g/mol. The van der Waals surface area contributed by atoms with E-state index in [1.54, 1.807) is 6.92 Å². The average Bonchev–Trinajstić information content (AvgIpc) is 2.94. The zero-order valence-corrected chi connectivity index (χ0v) is 12.8. The number of aliphatic hydroxyl groups excluding tert-OH is 1. The van der Waals surface area contributed by atoms with Gasteiger partial charge >= 0.3 is 0 Å². The molecule has 1 aromatic heterocycles. The molecule has 0 saturated heterocycles. The smallest absolute Gasteiger partial charge is 0.276 e. The Bertz CT molecular complexity index is 637. The highest BCUT2D eigenvalue weighted by molar-refractivity contribution is 5.92. The first kappa shape index (κ1) is 16.1. The minimum atomic E-state index is -0.626. The van der Waals surface area contributed by atoms with Crippen molar-refractivity contribution in [3.63, 3.8) is 0 Å². The normalized spacial score (nSPS) is 12.5. The molecule has 0 aliphatic heterocycles. The van der Waals surface area contributed by atoms with E-state index in [1.165, 1.54) is 40.2 Å². The van der Waals surface area contributed by atoms with E-state index in [-0.39, 0.29) is 30.0 Å². The topological polar surface area (TPSA) is 71.2 Å². The third-order valence-corrected chi connectivity index (χ3v) is 3.11. The van der Waals surface area contributed by atoms with Gasteiger partial charge in [0.1, 0.15) is 5.82 Å². The van der Waals surface area contributed by atoms with Crippen LogP contribution in [0.2, 0.25) is 0 Å². The highest BCUT2D eigenvalue weighted by atomic mass is 19.1. The summed E-state index contributed by atoms with van der Waals surface area (Å²) in [5.74, 6) is -0.653. The molecule has 1 N–H and O–H groups in total. The number of hydrogen-bond donors (Lipinski definition) is 1. The first-order chi connectivity index (χ1) is 10.4. The third kappa shape index (κ3) is 3.67. The zero-order valence-electron chi connectivity index (χ0n) is 12.8. The van der Waals surface area contributed by atoms with Crippen molar-refractivity contribution in [2.24, 2.45) is 0 Å². The van der Waals surface area contributed by atoms with Gasteiger partial charge in [0.15, 0.2) is 5.69 Å². The summed E-state index contributed by atoms with van der Waals surface area (Å²) in [4.78, 5) is 15.3. The van der Waals surface area contributed by atoms with Gasteiger partial charge in [-0.3, -0.25) is 4.79 Å². The molecule has 0 bridgehead atoms. The van der Waals surface area contributed by atoms with E-state index in [4.69, 9.17) is 0 Å². The lowest BCUT2D eigenvalue weighted by Crippen LogP contribution is -2.41. The number of aliphatic hydroxyl groups is 1. The SMILES string of the molecule is CC(O)CN(C(=O)c1cnn(-c2ccc(F)cc2)n1)C(C)C. The van der Waals surface area contributed by atoms with Crippen LogP contribution in [0.15, 0.2) is 30.5 Å². The molecule has 2 rings (SSSR count). The number of nitrogens with zero attached hydrogens (tertiary/aromatic N) is 4. The standard InChI is InChI=1S/C15H19FN4O2/c1-10(2)19(9-11(3)21)15(22)14-8-17-20(18-14)13-6-4-12(16)5-7-13/h4-8,10-11,21H,9H2,1-3H3. The summed E-state index contributed by atoms with van der Waals surface area (Å²) in [6.07, 6.45) is 0.738. The second-order valence-corrected chi connectivity index (χ2v) is 5.40. The Hall–Kier alpha value is -2.28. The summed E-state index contributed by atoms with van der Waals surface area (Å²) in [6, 6.07) is 5.58. The number of amides is 1. The molecule has 7 heteroatoms. The number of carbonyl (C=O) groups excluding carboxylic acids is 1. The van der Waals surface area contributed by atoms with Crippen molar-refractivity contribution in [1.29, 1.82) is 0 Å². The predicted octanol–water partition coefficient (Wildman–Crippen LogP) is 1.64. The van der Waals surface area contributed by atoms with Gasteiger partial charge < -0.3 is 10.0 Å². The van der Waals surface area contributed by atoms with Crippen LogP contribution in [0.3, 0.4) is 0 Å². The molecule has 1 atom stereocenters. The van der Waals surface area contributed by atoms with Crippen LogP contribution in [0.4, 0.5) is 4.39 Å². The maximum Gasteiger partial charge on any atom is 0.276 e. The van der Waals surface area contributed by atoms with E-state index in [1.807, 2.05) is 13.8 Å². The van der Waals surface area contributed by atoms with Gasteiger partial charge in [-0.1, -0.05) is 0 Å². The fourth-order valence-corrected chi connectivity index (χ4v) is 2.02. The lowest BCUT2D eigenvalue weighted by Gasteiger charge is -2.27. The van der Waals surface area contributed by atoms with E-state index >= 15 is 0 Å². The summed E-state index contributed by atoms with van der Waals surface area (Å²) in [7, 11) is 0. The van der Waals surface area contributed by atoms with Crippen LogP contribution in [0.25, 0.3) is 5.69 Å². The number of rotatable bonds is 5. The van der Waals surface area contributed by atoms with E-state index in [2.05, 4.69) is 10.2 Å². The monoisotopic (exact) mass is 306 g/mol. The Kier molecular flexibility index (Phi) is 4.87. The molecule has 0 radical (unpaired) electrons. The number of halogens is 1.